The Morgan fingerprint density at radius 1 is 1.07 bits per heavy atom. The molecule has 1 N–H and O–H groups in total. The van der Waals surface area contributed by atoms with Gasteiger partial charge in [0.2, 0.25) is 0 Å². The fourth-order valence-electron chi connectivity index (χ4n) is 1.27. The quantitative estimate of drug-likeness (QED) is 0.855. The van der Waals surface area contributed by atoms with Gasteiger partial charge in [0.15, 0.2) is 0 Å². The molecule has 0 saturated heterocycles. The molecule has 0 aliphatic heterocycles. The van der Waals surface area contributed by atoms with Crippen LogP contribution in [-0.4, -0.2) is 4.98 Å². The van der Waals surface area contributed by atoms with Crippen LogP contribution in [0.15, 0.2) is 48.7 Å². The first-order chi connectivity index (χ1) is 7.34. The summed E-state index contributed by atoms with van der Waals surface area (Å²) >= 11 is 5.74. The molecular formula is C12H11ClN2. The maximum absolute atomic E-state index is 5.74. The van der Waals surface area contributed by atoms with E-state index in [1.165, 1.54) is 5.56 Å². The van der Waals surface area contributed by atoms with E-state index in [2.05, 4.69) is 22.4 Å². The summed E-state index contributed by atoms with van der Waals surface area (Å²) in [5, 5.41) is 3.87. The van der Waals surface area contributed by atoms with Gasteiger partial charge in [-0.15, -0.1) is 0 Å². The van der Waals surface area contributed by atoms with Gasteiger partial charge in [0.1, 0.15) is 5.82 Å². The Labute approximate surface area is 93.9 Å². The highest BCUT2D eigenvalue weighted by Crippen LogP contribution is 2.10. The molecule has 0 spiro atoms. The Morgan fingerprint density at radius 2 is 1.87 bits per heavy atom. The first-order valence-corrected chi connectivity index (χ1v) is 5.12. The lowest BCUT2D eigenvalue weighted by molar-refractivity contribution is 1.11. The van der Waals surface area contributed by atoms with E-state index in [0.29, 0.717) is 5.02 Å². The molecule has 0 amide bonds. The zero-order chi connectivity index (χ0) is 10.5. The summed E-state index contributed by atoms with van der Waals surface area (Å²) in [4.78, 5) is 4.15. The zero-order valence-corrected chi connectivity index (χ0v) is 8.91. The molecule has 1 aromatic heterocycles. The maximum Gasteiger partial charge on any atom is 0.126 e. The first-order valence-electron chi connectivity index (χ1n) is 4.74. The van der Waals surface area contributed by atoms with E-state index in [0.717, 1.165) is 12.4 Å². The average Bonchev–Trinajstić information content (AvgIpc) is 2.30. The van der Waals surface area contributed by atoms with Crippen molar-refractivity contribution in [3.8, 4) is 0 Å². The van der Waals surface area contributed by atoms with Gasteiger partial charge in [0, 0.05) is 12.7 Å². The molecule has 0 atom stereocenters. The van der Waals surface area contributed by atoms with Gasteiger partial charge >= 0.3 is 0 Å². The topological polar surface area (TPSA) is 24.9 Å². The smallest absolute Gasteiger partial charge is 0.126 e. The van der Waals surface area contributed by atoms with Gasteiger partial charge in [-0.25, -0.2) is 4.98 Å². The molecule has 1 aromatic carbocycles. The third-order valence-electron chi connectivity index (χ3n) is 2.04. The van der Waals surface area contributed by atoms with Gasteiger partial charge in [-0.1, -0.05) is 41.9 Å². The van der Waals surface area contributed by atoms with E-state index in [-0.39, 0.29) is 0 Å². The van der Waals surface area contributed by atoms with E-state index in [4.69, 9.17) is 11.6 Å². The first kappa shape index (κ1) is 9.99. The molecule has 0 aliphatic carbocycles. The highest BCUT2D eigenvalue weighted by Gasteiger charge is 1.94. The molecule has 0 unspecified atom stereocenters. The number of anilines is 1. The Bertz CT molecular complexity index is 411. The normalized spacial score (nSPS) is 9.93. The SMILES string of the molecule is Clc1ccc(NCc2ccccc2)nc1. The predicted molar refractivity (Wildman–Crippen MR) is 63.0 cm³/mol. The van der Waals surface area contributed by atoms with Crippen molar-refractivity contribution in [2.75, 3.05) is 5.32 Å². The van der Waals surface area contributed by atoms with Crippen molar-refractivity contribution in [1.82, 2.24) is 4.98 Å². The minimum atomic E-state index is 0.653. The number of hydrogen-bond donors (Lipinski definition) is 1. The van der Waals surface area contributed by atoms with Crippen molar-refractivity contribution in [2.24, 2.45) is 0 Å². The van der Waals surface area contributed by atoms with Gasteiger partial charge in [0.05, 0.1) is 5.02 Å². The van der Waals surface area contributed by atoms with Crippen LogP contribution in [0.2, 0.25) is 5.02 Å². The predicted octanol–water partition coefficient (Wildman–Crippen LogP) is 3.35. The fourth-order valence-corrected chi connectivity index (χ4v) is 1.38. The Balaban J connectivity index is 1.96. The number of aromatic nitrogens is 1. The Morgan fingerprint density at radius 3 is 2.53 bits per heavy atom. The van der Waals surface area contributed by atoms with Crippen molar-refractivity contribution >= 4 is 17.4 Å². The molecule has 2 aromatic rings. The second-order valence-corrected chi connectivity index (χ2v) is 3.64. The van der Waals surface area contributed by atoms with Gasteiger partial charge in [-0.05, 0) is 17.7 Å². The monoisotopic (exact) mass is 218 g/mol. The number of benzene rings is 1. The number of hydrogen-bond acceptors (Lipinski definition) is 2. The molecule has 0 saturated carbocycles. The second-order valence-electron chi connectivity index (χ2n) is 3.20. The van der Waals surface area contributed by atoms with Gasteiger partial charge in [-0.3, -0.25) is 0 Å². The summed E-state index contributed by atoms with van der Waals surface area (Å²) in [5.41, 5.74) is 1.23. The summed E-state index contributed by atoms with van der Waals surface area (Å²) in [6.45, 7) is 0.773. The minimum Gasteiger partial charge on any atom is -0.366 e. The van der Waals surface area contributed by atoms with Crippen LogP contribution in [0.4, 0.5) is 5.82 Å². The summed E-state index contributed by atoms with van der Waals surface area (Å²) in [7, 11) is 0. The average molecular weight is 219 g/mol. The van der Waals surface area contributed by atoms with E-state index in [1.807, 2.05) is 30.3 Å². The van der Waals surface area contributed by atoms with Crippen molar-refractivity contribution < 1.29 is 0 Å². The van der Waals surface area contributed by atoms with Crippen LogP contribution in [0, 0.1) is 0 Å². The number of pyridine rings is 1. The van der Waals surface area contributed by atoms with Crippen molar-refractivity contribution in [3.63, 3.8) is 0 Å². The second kappa shape index (κ2) is 4.80. The molecule has 1 heterocycles. The molecule has 3 heteroatoms. The standard InChI is InChI=1S/C12H11ClN2/c13-11-6-7-12(15-9-11)14-8-10-4-2-1-3-5-10/h1-7,9H,8H2,(H,14,15). The molecule has 0 aliphatic rings. The summed E-state index contributed by atoms with van der Waals surface area (Å²) in [6, 6.07) is 13.9. The molecule has 0 radical (unpaired) electrons. The van der Waals surface area contributed by atoms with Crippen molar-refractivity contribution in [1.29, 1.82) is 0 Å². The van der Waals surface area contributed by atoms with Gasteiger partial charge in [0.25, 0.3) is 0 Å². The van der Waals surface area contributed by atoms with Gasteiger partial charge < -0.3 is 5.32 Å². The number of nitrogens with zero attached hydrogens (tertiary/aromatic N) is 1. The minimum absolute atomic E-state index is 0.653. The molecular weight excluding hydrogens is 208 g/mol. The number of rotatable bonds is 3. The largest absolute Gasteiger partial charge is 0.366 e. The highest BCUT2D eigenvalue weighted by molar-refractivity contribution is 6.30. The molecule has 2 nitrogen and oxygen atoms in total. The number of halogens is 1. The van der Waals surface area contributed by atoms with Gasteiger partial charge in [-0.2, -0.15) is 0 Å². The van der Waals surface area contributed by atoms with E-state index in [1.54, 1.807) is 6.20 Å². The van der Waals surface area contributed by atoms with Crippen LogP contribution >= 0.6 is 11.6 Å². The lowest BCUT2D eigenvalue weighted by Gasteiger charge is -2.04. The van der Waals surface area contributed by atoms with Crippen LogP contribution in [0.3, 0.4) is 0 Å². The Hall–Kier alpha value is -1.54. The molecule has 15 heavy (non-hydrogen) atoms. The fraction of sp³-hybridized carbons (Fsp3) is 0.0833. The molecule has 0 fully saturated rings. The van der Waals surface area contributed by atoms with Crippen LogP contribution in [0.5, 0.6) is 0 Å². The lowest BCUT2D eigenvalue weighted by atomic mass is 10.2. The third kappa shape index (κ3) is 2.96. The highest BCUT2D eigenvalue weighted by atomic mass is 35.5. The van der Waals surface area contributed by atoms with E-state index >= 15 is 0 Å². The lowest BCUT2D eigenvalue weighted by Crippen LogP contribution is -2.00. The molecule has 76 valence electrons. The number of nitrogens with one attached hydrogen (secondary N) is 1. The molecule has 2 rings (SSSR count). The summed E-state index contributed by atoms with van der Waals surface area (Å²) in [5.74, 6) is 0.836. The van der Waals surface area contributed by atoms with E-state index in [9.17, 15) is 0 Å². The summed E-state index contributed by atoms with van der Waals surface area (Å²) in [6.07, 6.45) is 1.63. The van der Waals surface area contributed by atoms with Crippen molar-refractivity contribution in [3.05, 3.63) is 59.2 Å². The molecule has 0 bridgehead atoms. The van der Waals surface area contributed by atoms with Crippen LogP contribution in [-0.2, 0) is 6.54 Å². The van der Waals surface area contributed by atoms with Crippen LogP contribution in [0.25, 0.3) is 0 Å². The van der Waals surface area contributed by atoms with Crippen LogP contribution in [0.1, 0.15) is 5.56 Å². The van der Waals surface area contributed by atoms with E-state index < -0.39 is 0 Å². The summed E-state index contributed by atoms with van der Waals surface area (Å²) < 4.78 is 0. The Kier molecular flexibility index (Phi) is 3.20. The third-order valence-corrected chi connectivity index (χ3v) is 2.27. The maximum atomic E-state index is 5.74. The van der Waals surface area contributed by atoms with Crippen LogP contribution < -0.4 is 5.32 Å². The zero-order valence-electron chi connectivity index (χ0n) is 8.15. The van der Waals surface area contributed by atoms with Crippen molar-refractivity contribution in [2.45, 2.75) is 6.54 Å².